The van der Waals surface area contributed by atoms with Crippen LogP contribution in [-0.4, -0.2) is 29.3 Å². The van der Waals surface area contributed by atoms with Crippen molar-refractivity contribution in [3.63, 3.8) is 0 Å². The van der Waals surface area contributed by atoms with E-state index in [1.165, 1.54) is 16.0 Å². The summed E-state index contributed by atoms with van der Waals surface area (Å²) in [6, 6.07) is 15.3. The largest absolute Gasteiger partial charge is 0.287 e. The van der Waals surface area contributed by atoms with E-state index in [4.69, 9.17) is 0 Å². The molecule has 0 spiro atoms. The molecule has 4 nitrogen and oxygen atoms in total. The molecule has 0 aromatic heterocycles. The van der Waals surface area contributed by atoms with Gasteiger partial charge < -0.3 is 0 Å². The minimum atomic E-state index is -0.352. The number of rotatable bonds is 2. The summed E-state index contributed by atoms with van der Waals surface area (Å²) in [5.41, 5.74) is 3.24. The Balaban J connectivity index is 1.57. The second-order valence-corrected chi connectivity index (χ2v) is 7.17. The average molecular weight is 385 g/mol. The van der Waals surface area contributed by atoms with Gasteiger partial charge in [0.1, 0.15) is 0 Å². The van der Waals surface area contributed by atoms with Crippen LogP contribution in [0.1, 0.15) is 17.5 Å². The van der Waals surface area contributed by atoms with E-state index in [-0.39, 0.29) is 24.3 Å². The Labute approximate surface area is 149 Å². The third-order valence-electron chi connectivity index (χ3n) is 4.81. The van der Waals surface area contributed by atoms with E-state index in [0.717, 1.165) is 24.0 Å². The van der Waals surface area contributed by atoms with Gasteiger partial charge in [-0.05, 0) is 41.8 Å². The quantitative estimate of drug-likeness (QED) is 0.746. The number of hydrogen-bond acceptors (Lipinski definition) is 3. The van der Waals surface area contributed by atoms with Gasteiger partial charge in [0.05, 0.1) is 18.2 Å². The van der Waals surface area contributed by atoms with E-state index in [2.05, 4.69) is 33.0 Å². The van der Waals surface area contributed by atoms with Crippen LogP contribution in [0.4, 0.5) is 5.69 Å². The van der Waals surface area contributed by atoms with Gasteiger partial charge in [0.15, 0.2) is 0 Å². The second kappa shape index (κ2) is 6.15. The molecule has 2 heterocycles. The summed E-state index contributed by atoms with van der Waals surface area (Å²) in [6.07, 6.45) is 1.18. The van der Waals surface area contributed by atoms with Crippen molar-refractivity contribution in [2.45, 2.75) is 25.4 Å². The van der Waals surface area contributed by atoms with Gasteiger partial charge >= 0.3 is 0 Å². The van der Waals surface area contributed by atoms with E-state index in [1.807, 2.05) is 24.3 Å². The first-order chi connectivity index (χ1) is 11.6. The summed E-state index contributed by atoms with van der Waals surface area (Å²) < 4.78 is 0.925. The number of nitrogens with zero attached hydrogens (tertiary/aromatic N) is 2. The lowest BCUT2D eigenvalue weighted by atomic mass is 9.98. The monoisotopic (exact) mass is 384 g/mol. The van der Waals surface area contributed by atoms with Crippen LogP contribution >= 0.6 is 15.9 Å². The van der Waals surface area contributed by atoms with Crippen molar-refractivity contribution in [1.82, 2.24) is 4.90 Å². The highest BCUT2D eigenvalue weighted by Crippen LogP contribution is 2.29. The summed E-state index contributed by atoms with van der Waals surface area (Å²) >= 11 is 3.38. The first kappa shape index (κ1) is 15.5. The van der Waals surface area contributed by atoms with E-state index >= 15 is 0 Å². The predicted molar refractivity (Wildman–Crippen MR) is 95.6 cm³/mol. The molecular weight excluding hydrogens is 368 g/mol. The summed E-state index contributed by atoms with van der Waals surface area (Å²) in [4.78, 5) is 28.8. The van der Waals surface area contributed by atoms with Gasteiger partial charge in [0.25, 0.3) is 5.91 Å². The predicted octanol–water partition coefficient (Wildman–Crippen LogP) is 3.14. The van der Waals surface area contributed by atoms with Crippen molar-refractivity contribution < 1.29 is 9.59 Å². The number of hydrogen-bond donors (Lipinski definition) is 0. The van der Waals surface area contributed by atoms with Gasteiger partial charge in [-0.3, -0.25) is 14.5 Å². The van der Waals surface area contributed by atoms with Gasteiger partial charge in [0, 0.05) is 17.6 Å². The van der Waals surface area contributed by atoms with Gasteiger partial charge in [-0.2, -0.15) is 0 Å². The average Bonchev–Trinajstić information content (AvgIpc) is 2.90. The lowest BCUT2D eigenvalue weighted by Gasteiger charge is -2.32. The molecule has 24 heavy (non-hydrogen) atoms. The fourth-order valence-electron chi connectivity index (χ4n) is 3.55. The van der Waals surface area contributed by atoms with Crippen LogP contribution in [0.15, 0.2) is 53.0 Å². The molecule has 0 aliphatic carbocycles. The Hall–Kier alpha value is -1.98. The smallest absolute Gasteiger partial charge is 0.251 e. The molecule has 0 radical (unpaired) electrons. The zero-order valence-corrected chi connectivity index (χ0v) is 14.7. The molecule has 2 aromatic carbocycles. The molecule has 4 rings (SSSR count). The highest BCUT2D eigenvalue weighted by atomic mass is 79.9. The molecule has 122 valence electrons. The molecule has 1 fully saturated rings. The Kier molecular flexibility index (Phi) is 3.98. The fraction of sp³-hybridized carbons (Fsp3) is 0.263. The van der Waals surface area contributed by atoms with Gasteiger partial charge in [-0.15, -0.1) is 0 Å². The summed E-state index contributed by atoms with van der Waals surface area (Å²) in [7, 11) is 0. The Morgan fingerprint density at radius 3 is 2.42 bits per heavy atom. The number of benzene rings is 2. The molecule has 0 bridgehead atoms. The highest BCUT2D eigenvalue weighted by Gasteiger charge is 2.43. The number of halogens is 1. The highest BCUT2D eigenvalue weighted by molar-refractivity contribution is 9.10. The maximum Gasteiger partial charge on any atom is 0.251 e. The van der Waals surface area contributed by atoms with E-state index in [0.29, 0.717) is 5.69 Å². The summed E-state index contributed by atoms with van der Waals surface area (Å²) in [6.45, 7) is 1.54. The molecule has 1 saturated heterocycles. The van der Waals surface area contributed by atoms with Gasteiger partial charge in [-0.1, -0.05) is 40.2 Å². The normalized spacial score (nSPS) is 21.2. The standard InChI is InChI=1S/C19H17BrN2O2/c20-15-5-7-16(8-6-15)22-18(23)11-17(19(22)24)21-10-9-13-3-1-2-4-14(13)12-21/h1-8,17H,9-12H2/t17-/m1/s1. The molecule has 2 aliphatic heterocycles. The van der Waals surface area contributed by atoms with E-state index in [1.54, 1.807) is 12.1 Å². The summed E-state index contributed by atoms with van der Waals surface area (Å²) in [5.74, 6) is -0.229. The third-order valence-corrected chi connectivity index (χ3v) is 5.34. The molecular formula is C19H17BrN2O2. The SMILES string of the molecule is O=C1C[C@@H](N2CCc3ccccc3C2)C(=O)N1c1ccc(Br)cc1. The second-order valence-electron chi connectivity index (χ2n) is 6.25. The molecule has 0 saturated carbocycles. The minimum absolute atomic E-state index is 0.110. The maximum absolute atomic E-state index is 12.9. The molecule has 5 heteroatoms. The third kappa shape index (κ3) is 2.68. The Morgan fingerprint density at radius 1 is 0.958 bits per heavy atom. The first-order valence-corrected chi connectivity index (χ1v) is 8.86. The minimum Gasteiger partial charge on any atom is -0.287 e. The molecule has 0 unspecified atom stereocenters. The van der Waals surface area contributed by atoms with E-state index in [9.17, 15) is 9.59 Å². The van der Waals surface area contributed by atoms with Crippen molar-refractivity contribution in [3.8, 4) is 0 Å². The molecule has 2 aliphatic rings. The number of carbonyl (C=O) groups excluding carboxylic acids is 2. The molecule has 2 aromatic rings. The van der Waals surface area contributed by atoms with Crippen LogP contribution in [-0.2, 0) is 22.6 Å². The zero-order chi connectivity index (χ0) is 16.7. The van der Waals surface area contributed by atoms with Crippen molar-refractivity contribution in [2.75, 3.05) is 11.4 Å². The van der Waals surface area contributed by atoms with Crippen LogP contribution in [0.5, 0.6) is 0 Å². The lowest BCUT2D eigenvalue weighted by molar-refractivity contribution is -0.123. The topological polar surface area (TPSA) is 40.6 Å². The maximum atomic E-state index is 12.9. The molecule has 0 N–H and O–H groups in total. The van der Waals surface area contributed by atoms with Gasteiger partial charge in [0.2, 0.25) is 5.91 Å². The number of fused-ring (bicyclic) bond motifs is 1. The van der Waals surface area contributed by atoms with E-state index < -0.39 is 0 Å². The first-order valence-electron chi connectivity index (χ1n) is 8.07. The number of amides is 2. The zero-order valence-electron chi connectivity index (χ0n) is 13.1. The molecule has 1 atom stereocenters. The number of imide groups is 1. The number of anilines is 1. The fourth-order valence-corrected chi connectivity index (χ4v) is 3.81. The Bertz CT molecular complexity index is 803. The van der Waals surface area contributed by atoms with Gasteiger partial charge in [-0.25, -0.2) is 4.90 Å². The van der Waals surface area contributed by atoms with Crippen molar-refractivity contribution in [3.05, 3.63) is 64.1 Å². The van der Waals surface area contributed by atoms with Crippen molar-refractivity contribution >= 4 is 33.4 Å². The van der Waals surface area contributed by atoms with Crippen LogP contribution in [0.3, 0.4) is 0 Å². The van der Waals surface area contributed by atoms with Crippen LogP contribution in [0.2, 0.25) is 0 Å². The lowest BCUT2D eigenvalue weighted by Crippen LogP contribution is -2.44. The molecule has 2 amide bonds. The van der Waals surface area contributed by atoms with Crippen LogP contribution in [0.25, 0.3) is 0 Å². The Morgan fingerprint density at radius 2 is 1.67 bits per heavy atom. The summed E-state index contributed by atoms with van der Waals surface area (Å²) in [5, 5.41) is 0. The van der Waals surface area contributed by atoms with Crippen molar-refractivity contribution in [2.24, 2.45) is 0 Å². The van der Waals surface area contributed by atoms with Crippen LogP contribution < -0.4 is 4.90 Å². The van der Waals surface area contributed by atoms with Crippen molar-refractivity contribution in [1.29, 1.82) is 0 Å². The number of carbonyl (C=O) groups is 2. The van der Waals surface area contributed by atoms with Crippen LogP contribution in [0, 0.1) is 0 Å².